The second-order valence-corrected chi connectivity index (χ2v) is 13.4. The van der Waals surface area contributed by atoms with Crippen molar-refractivity contribution in [3.8, 4) is 5.69 Å². The zero-order valence-corrected chi connectivity index (χ0v) is 27.7. The van der Waals surface area contributed by atoms with Gasteiger partial charge in [0.1, 0.15) is 17.5 Å². The van der Waals surface area contributed by atoms with E-state index in [4.69, 9.17) is 26.2 Å². The number of ether oxygens (including phenoxy) is 1. The number of carbonyl (C=O) groups is 2. The quantitative estimate of drug-likeness (QED) is 0.290. The highest BCUT2D eigenvalue weighted by Crippen LogP contribution is 2.50. The van der Waals surface area contributed by atoms with Crippen molar-refractivity contribution in [2.24, 2.45) is 5.92 Å². The largest absolute Gasteiger partial charge is 0.490 e. The average Bonchev–Trinajstić information content (AvgIpc) is 3.63. The van der Waals surface area contributed by atoms with Crippen LogP contribution >= 0.6 is 11.6 Å². The molecule has 0 spiro atoms. The number of amides is 1. The lowest BCUT2D eigenvalue weighted by atomic mass is 9.86. The van der Waals surface area contributed by atoms with E-state index in [1.807, 2.05) is 22.6 Å². The van der Waals surface area contributed by atoms with Crippen LogP contribution in [0.3, 0.4) is 0 Å². The van der Waals surface area contributed by atoms with Crippen molar-refractivity contribution in [2.45, 2.75) is 63.1 Å². The summed E-state index contributed by atoms with van der Waals surface area (Å²) in [5.41, 5.74) is 2.68. The Morgan fingerprint density at radius 3 is 2.20 bits per heavy atom. The van der Waals surface area contributed by atoms with Crippen LogP contribution in [-0.4, -0.2) is 87.7 Å². The summed E-state index contributed by atoms with van der Waals surface area (Å²) in [6.07, 6.45) is -2.35. The number of carbonyl (C=O) groups excluding carboxylic acids is 1. The number of alkyl halides is 3. The number of carboxylic acids is 1. The van der Waals surface area contributed by atoms with Gasteiger partial charge in [0.05, 0.1) is 29.6 Å². The third-order valence-electron chi connectivity index (χ3n) is 9.73. The molecule has 0 bridgehead atoms. The van der Waals surface area contributed by atoms with Gasteiger partial charge in [0.2, 0.25) is 5.91 Å². The molecule has 3 heterocycles. The fraction of sp³-hybridized carbons (Fsp3) is 0.500. The fourth-order valence-corrected chi connectivity index (χ4v) is 7.50. The molecule has 49 heavy (non-hydrogen) atoms. The number of aryl methyl sites for hydroxylation is 1. The molecule has 8 nitrogen and oxygen atoms in total. The topological polar surface area (TPSA) is 87.9 Å². The monoisotopic (exact) mass is 714 g/mol. The van der Waals surface area contributed by atoms with E-state index in [9.17, 15) is 26.7 Å². The molecule has 1 aliphatic carbocycles. The van der Waals surface area contributed by atoms with Crippen molar-refractivity contribution in [2.75, 3.05) is 39.4 Å². The number of piperidine rings is 1. The highest BCUT2D eigenvalue weighted by Gasteiger charge is 2.51. The first-order valence-corrected chi connectivity index (χ1v) is 16.3. The first kappa shape index (κ1) is 36.7. The lowest BCUT2D eigenvalue weighted by Crippen LogP contribution is -2.50. The third kappa shape index (κ3) is 8.24. The van der Waals surface area contributed by atoms with Gasteiger partial charge in [0, 0.05) is 61.2 Å². The maximum absolute atomic E-state index is 15.1. The Bertz CT molecular complexity index is 1670. The van der Waals surface area contributed by atoms with Crippen LogP contribution in [0.5, 0.6) is 0 Å². The van der Waals surface area contributed by atoms with Crippen LogP contribution in [0, 0.1) is 30.3 Å². The highest BCUT2D eigenvalue weighted by atomic mass is 35.5. The summed E-state index contributed by atoms with van der Waals surface area (Å²) in [5.74, 6) is -4.99. The highest BCUT2D eigenvalue weighted by molar-refractivity contribution is 6.30. The van der Waals surface area contributed by atoms with Crippen LogP contribution in [0.2, 0.25) is 5.02 Å². The van der Waals surface area contributed by atoms with Gasteiger partial charge in [-0.3, -0.25) is 9.69 Å². The molecular formula is C34H37ClF6N4O4. The van der Waals surface area contributed by atoms with Gasteiger partial charge in [0.15, 0.2) is 0 Å². The molecule has 2 aromatic carbocycles. The van der Waals surface area contributed by atoms with Gasteiger partial charge in [-0.15, -0.1) is 0 Å². The number of benzene rings is 2. The number of morpholine rings is 1. The summed E-state index contributed by atoms with van der Waals surface area (Å²) < 4.78 is 81.8. The number of halogens is 7. The number of hydrogen-bond donors (Lipinski definition) is 1. The van der Waals surface area contributed by atoms with Gasteiger partial charge >= 0.3 is 12.1 Å². The molecule has 0 unspecified atom stereocenters. The predicted octanol–water partition coefficient (Wildman–Crippen LogP) is 6.88. The van der Waals surface area contributed by atoms with E-state index in [-0.39, 0.29) is 28.3 Å². The van der Waals surface area contributed by atoms with Gasteiger partial charge in [-0.25, -0.2) is 22.6 Å². The first-order chi connectivity index (χ1) is 23.1. The molecule has 0 radical (unpaired) electrons. The number of carboxylic acid groups (broad SMARTS) is 1. The maximum Gasteiger partial charge on any atom is 0.490 e. The van der Waals surface area contributed by atoms with E-state index < -0.39 is 35.5 Å². The van der Waals surface area contributed by atoms with Crippen LogP contribution in [0.4, 0.5) is 26.3 Å². The van der Waals surface area contributed by atoms with Crippen LogP contribution in [0.1, 0.15) is 61.4 Å². The summed E-state index contributed by atoms with van der Waals surface area (Å²) in [6, 6.07) is 10.3. The molecular weight excluding hydrogens is 678 g/mol. The second kappa shape index (κ2) is 14.7. The van der Waals surface area contributed by atoms with E-state index in [1.165, 1.54) is 18.2 Å². The molecule has 2 aliphatic heterocycles. The van der Waals surface area contributed by atoms with Crippen molar-refractivity contribution in [3.63, 3.8) is 0 Å². The Morgan fingerprint density at radius 2 is 1.61 bits per heavy atom. The standard InChI is InChI=1S/C32H36ClF3N4O2.C2HF3O2/c1-20-15-30(40(37-20)23-4-6-28(35)27(33)17-23)21-7-9-38(10-8-21)31(41)26-19-32(2,39-11-13-42-14-12-39)18-25(26)24-5-3-22(34)16-29(24)36;3-2(4,5)1(6)7/h3-6,15-17,21,25-26H,7-14,18-19H2,1-2H3;(H,6,7)/t25-,26+,32-;/m0./s1. The number of aromatic nitrogens is 2. The van der Waals surface area contributed by atoms with E-state index in [2.05, 4.69) is 16.9 Å². The lowest BCUT2D eigenvalue weighted by Gasteiger charge is -2.41. The number of rotatable bonds is 5. The van der Waals surface area contributed by atoms with Crippen molar-refractivity contribution >= 4 is 23.5 Å². The molecule has 1 aromatic heterocycles. The third-order valence-corrected chi connectivity index (χ3v) is 10.0. The minimum Gasteiger partial charge on any atom is -0.475 e. The molecule has 266 valence electrons. The van der Waals surface area contributed by atoms with Crippen molar-refractivity contribution in [1.82, 2.24) is 19.6 Å². The summed E-state index contributed by atoms with van der Waals surface area (Å²) in [6.45, 7) is 8.04. The first-order valence-electron chi connectivity index (χ1n) is 16.0. The van der Waals surface area contributed by atoms with Crippen LogP contribution in [0.25, 0.3) is 5.69 Å². The van der Waals surface area contributed by atoms with Gasteiger partial charge in [-0.2, -0.15) is 18.3 Å². The number of hydrogen-bond acceptors (Lipinski definition) is 5. The summed E-state index contributed by atoms with van der Waals surface area (Å²) >= 11 is 6.06. The predicted molar refractivity (Wildman–Crippen MR) is 168 cm³/mol. The number of nitrogens with zero attached hydrogens (tertiary/aromatic N) is 4. The van der Waals surface area contributed by atoms with Crippen LogP contribution in [-0.2, 0) is 14.3 Å². The molecule has 1 amide bonds. The Morgan fingerprint density at radius 1 is 0.959 bits per heavy atom. The molecule has 3 aromatic rings. The lowest BCUT2D eigenvalue weighted by molar-refractivity contribution is -0.192. The zero-order valence-electron chi connectivity index (χ0n) is 27.0. The number of likely N-dealkylation sites (tertiary alicyclic amines) is 1. The zero-order chi connectivity index (χ0) is 35.7. The molecule has 2 saturated heterocycles. The number of aliphatic carboxylic acids is 1. The minimum absolute atomic E-state index is 0.0363. The van der Waals surface area contributed by atoms with Crippen molar-refractivity contribution in [1.29, 1.82) is 0 Å². The summed E-state index contributed by atoms with van der Waals surface area (Å²) in [7, 11) is 0. The van der Waals surface area contributed by atoms with Gasteiger partial charge in [-0.05, 0) is 75.4 Å². The van der Waals surface area contributed by atoms with Gasteiger partial charge in [0.25, 0.3) is 0 Å². The molecule has 1 N–H and O–H groups in total. The molecule has 15 heteroatoms. The van der Waals surface area contributed by atoms with Crippen LogP contribution in [0.15, 0.2) is 42.5 Å². The normalized spacial score (nSPS) is 23.7. The molecule has 6 rings (SSSR count). The Hall–Kier alpha value is -3.62. The molecule has 1 saturated carbocycles. The summed E-state index contributed by atoms with van der Waals surface area (Å²) in [5, 5.41) is 11.8. The van der Waals surface area contributed by atoms with Crippen molar-refractivity contribution < 1.29 is 45.8 Å². The van der Waals surface area contributed by atoms with E-state index in [1.54, 1.807) is 12.1 Å². The summed E-state index contributed by atoms with van der Waals surface area (Å²) in [4.78, 5) is 27.3. The fourth-order valence-electron chi connectivity index (χ4n) is 7.33. The minimum atomic E-state index is -5.08. The molecule has 3 aliphatic rings. The second-order valence-electron chi connectivity index (χ2n) is 13.0. The maximum atomic E-state index is 15.1. The van der Waals surface area contributed by atoms with Crippen molar-refractivity contribution in [3.05, 3.63) is 81.9 Å². The smallest absolute Gasteiger partial charge is 0.475 e. The Labute approximate surface area is 284 Å². The SMILES string of the molecule is Cc1cc(C2CCN(C(=O)[C@@H]3C[C@@](C)(N4CCOCC4)C[C@H]3c3ccc(F)cc3F)CC2)n(-c2ccc(F)c(Cl)c2)n1.O=C(O)C(F)(F)F. The Balaban J connectivity index is 0.000000606. The van der Waals surface area contributed by atoms with Gasteiger partial charge < -0.3 is 14.7 Å². The van der Waals surface area contributed by atoms with Crippen LogP contribution < -0.4 is 0 Å². The molecule has 3 fully saturated rings. The Kier molecular flexibility index (Phi) is 11.0. The van der Waals surface area contributed by atoms with E-state index in [0.29, 0.717) is 50.4 Å². The van der Waals surface area contributed by atoms with E-state index in [0.717, 1.165) is 43.4 Å². The molecule has 3 atom stereocenters. The van der Waals surface area contributed by atoms with E-state index >= 15 is 4.39 Å². The average molecular weight is 715 g/mol. The van der Waals surface area contributed by atoms with Gasteiger partial charge in [-0.1, -0.05) is 17.7 Å².